The summed E-state index contributed by atoms with van der Waals surface area (Å²) in [6, 6.07) is 13.6. The number of aromatic nitrogens is 2. The highest BCUT2D eigenvalue weighted by atomic mass is 16.5. The number of rotatable bonds is 12. The molecular weight excluding hydrogens is 678 g/mol. The molecule has 14 heteroatoms. The van der Waals surface area contributed by atoms with Crippen LogP contribution in [0.2, 0.25) is 0 Å². The van der Waals surface area contributed by atoms with E-state index in [1.807, 2.05) is 82.4 Å². The molecule has 2 aromatic carbocycles. The number of nitrogens with one attached hydrogen (secondary N) is 5. The van der Waals surface area contributed by atoms with Crippen LogP contribution < -0.4 is 21.3 Å². The number of hydrogen-bond donors (Lipinski definition) is 5. The molecule has 5 amide bonds. The van der Waals surface area contributed by atoms with Gasteiger partial charge in [-0.05, 0) is 60.8 Å². The quantitative estimate of drug-likeness (QED) is 0.164. The van der Waals surface area contributed by atoms with Crippen LogP contribution in [0.25, 0.3) is 22.4 Å². The van der Waals surface area contributed by atoms with Crippen molar-refractivity contribution in [2.75, 3.05) is 26.1 Å². The Morgan fingerprint density at radius 1 is 0.774 bits per heavy atom. The first-order chi connectivity index (χ1) is 25.4. The number of nitrogens with zero attached hydrogens (tertiary/aromatic N) is 2. The number of likely N-dealkylation sites (tertiary alicyclic amines) is 1. The summed E-state index contributed by atoms with van der Waals surface area (Å²) in [4.78, 5) is 73.4. The molecule has 0 radical (unpaired) electrons. The summed E-state index contributed by atoms with van der Waals surface area (Å²) in [5.74, 6) is -0.613. The molecule has 0 unspecified atom stereocenters. The number of amides is 5. The maximum Gasteiger partial charge on any atom is 0.407 e. The molecule has 1 saturated heterocycles. The van der Waals surface area contributed by atoms with E-state index in [2.05, 4.69) is 31.0 Å². The van der Waals surface area contributed by atoms with Crippen LogP contribution in [-0.2, 0) is 23.9 Å². The molecule has 5 N–H and O–H groups in total. The summed E-state index contributed by atoms with van der Waals surface area (Å²) < 4.78 is 9.40. The molecule has 1 aliphatic carbocycles. The van der Waals surface area contributed by atoms with E-state index in [9.17, 15) is 24.0 Å². The minimum atomic E-state index is -0.771. The summed E-state index contributed by atoms with van der Waals surface area (Å²) >= 11 is 0. The smallest absolute Gasteiger partial charge is 0.407 e. The maximum absolute atomic E-state index is 13.5. The number of carbonyl (C=O) groups excluding carboxylic acids is 5. The number of anilines is 1. The summed E-state index contributed by atoms with van der Waals surface area (Å²) in [7, 11) is 2.53. The molecule has 1 saturated carbocycles. The van der Waals surface area contributed by atoms with Gasteiger partial charge in [-0.2, -0.15) is 0 Å². The molecule has 5 atom stereocenters. The van der Waals surface area contributed by atoms with Crippen molar-refractivity contribution in [1.29, 1.82) is 0 Å². The Morgan fingerprint density at radius 3 is 1.96 bits per heavy atom. The monoisotopic (exact) mass is 729 g/mol. The van der Waals surface area contributed by atoms with E-state index in [4.69, 9.17) is 9.72 Å². The van der Waals surface area contributed by atoms with Gasteiger partial charge >= 0.3 is 12.2 Å². The Labute approximate surface area is 310 Å². The fourth-order valence-electron chi connectivity index (χ4n) is 7.10. The molecule has 2 heterocycles. The lowest BCUT2D eigenvalue weighted by Gasteiger charge is -2.29. The number of H-pyrrole nitrogens is 1. The number of aromatic amines is 1. The van der Waals surface area contributed by atoms with Crippen molar-refractivity contribution in [2.45, 2.75) is 84.0 Å². The van der Waals surface area contributed by atoms with Gasteiger partial charge in [0.1, 0.15) is 17.9 Å². The molecule has 0 bridgehead atoms. The second-order valence-corrected chi connectivity index (χ2v) is 14.4. The fourth-order valence-corrected chi connectivity index (χ4v) is 7.10. The van der Waals surface area contributed by atoms with Crippen LogP contribution in [0.5, 0.6) is 0 Å². The number of imidazole rings is 1. The molecule has 1 aromatic heterocycles. The van der Waals surface area contributed by atoms with Crippen molar-refractivity contribution in [3.05, 3.63) is 60.6 Å². The third kappa shape index (κ3) is 9.34. The Hall–Kier alpha value is -5.40. The zero-order valence-electron chi connectivity index (χ0n) is 31.2. The summed E-state index contributed by atoms with van der Waals surface area (Å²) in [6.45, 7) is 8.03. The van der Waals surface area contributed by atoms with Gasteiger partial charge in [0.05, 0.1) is 31.9 Å². The van der Waals surface area contributed by atoms with Gasteiger partial charge in [0.15, 0.2) is 0 Å². The van der Waals surface area contributed by atoms with Crippen molar-refractivity contribution in [2.24, 2.45) is 17.8 Å². The molecule has 2 fully saturated rings. The van der Waals surface area contributed by atoms with Crippen LogP contribution in [0.3, 0.4) is 0 Å². The lowest BCUT2D eigenvalue weighted by molar-refractivity contribution is -0.135. The molecule has 0 spiro atoms. The fraction of sp³-hybridized carbons (Fsp3) is 0.487. The second kappa shape index (κ2) is 17.4. The van der Waals surface area contributed by atoms with Gasteiger partial charge in [0.2, 0.25) is 17.7 Å². The standard InChI is InChI=1S/C39H51N7O7/c1-22(2)32(44-38(50)52-5)36(48)43-29-10-7-9-28(29)35(47)41-27-18-16-25(17-19-27)24-12-14-26(15-13-24)30-21-40-34(42-30)31-11-8-20-46(31)37(49)33(23(3)4)45-39(51)53-6/h12-19,21-23,28-29,31-33H,7-11,20H2,1-6H3,(H,40,42)(H,41,47)(H,43,48)(H,44,50)(H,45,51)/t28-,29-,31-,32-,33-/m0/s1. The highest BCUT2D eigenvalue weighted by molar-refractivity contribution is 5.94. The number of alkyl carbamates (subject to hydrolysis) is 2. The van der Waals surface area contributed by atoms with Gasteiger partial charge in [-0.1, -0.05) is 70.5 Å². The van der Waals surface area contributed by atoms with Crippen molar-refractivity contribution in [1.82, 2.24) is 30.8 Å². The Bertz CT molecular complexity index is 1760. The van der Waals surface area contributed by atoms with Crippen molar-refractivity contribution in [3.8, 4) is 22.4 Å². The van der Waals surface area contributed by atoms with E-state index >= 15 is 0 Å². The van der Waals surface area contributed by atoms with Crippen LogP contribution >= 0.6 is 0 Å². The zero-order chi connectivity index (χ0) is 38.2. The number of methoxy groups -OCH3 is 2. The van der Waals surface area contributed by atoms with Gasteiger partial charge in [-0.3, -0.25) is 14.4 Å². The molecular formula is C39H51N7O7. The van der Waals surface area contributed by atoms with Gasteiger partial charge in [0.25, 0.3) is 0 Å². The summed E-state index contributed by atoms with van der Waals surface area (Å²) in [5, 5.41) is 11.2. The van der Waals surface area contributed by atoms with Gasteiger partial charge < -0.3 is 40.6 Å². The third-order valence-corrected chi connectivity index (χ3v) is 10.1. The van der Waals surface area contributed by atoms with Crippen molar-refractivity contribution in [3.63, 3.8) is 0 Å². The molecule has 5 rings (SSSR count). The highest BCUT2D eigenvalue weighted by Gasteiger charge is 2.38. The summed E-state index contributed by atoms with van der Waals surface area (Å²) in [5.41, 5.74) is 4.30. The topological polar surface area (TPSA) is 184 Å². The lowest BCUT2D eigenvalue weighted by Crippen LogP contribution is -2.53. The number of ether oxygens (including phenoxy) is 2. The predicted molar refractivity (Wildman–Crippen MR) is 199 cm³/mol. The van der Waals surface area contributed by atoms with Crippen molar-refractivity contribution < 1.29 is 33.4 Å². The van der Waals surface area contributed by atoms with E-state index in [1.54, 1.807) is 4.90 Å². The van der Waals surface area contributed by atoms with Crippen LogP contribution in [-0.4, -0.2) is 83.7 Å². The normalized spacial score (nSPS) is 19.4. The first kappa shape index (κ1) is 38.8. The predicted octanol–water partition coefficient (Wildman–Crippen LogP) is 5.39. The SMILES string of the molecule is COC(=O)N[C@H](C(=O)N[C@H]1CCC[C@@H]1C(=O)Nc1ccc(-c2ccc(-c3c[nH]c([C@@H]4CCCN4C(=O)[C@@H](NC(=O)OC)C(C)C)n3)cc2)cc1)C(C)C. The Balaban J connectivity index is 1.19. The Morgan fingerprint density at radius 2 is 1.36 bits per heavy atom. The van der Waals surface area contributed by atoms with Crippen LogP contribution in [0.4, 0.5) is 15.3 Å². The average molecular weight is 730 g/mol. The van der Waals surface area contributed by atoms with Crippen LogP contribution in [0, 0.1) is 17.8 Å². The van der Waals surface area contributed by atoms with Gasteiger partial charge in [-0.25, -0.2) is 14.6 Å². The minimum Gasteiger partial charge on any atom is -0.453 e. The second-order valence-electron chi connectivity index (χ2n) is 14.4. The third-order valence-electron chi connectivity index (χ3n) is 10.1. The largest absolute Gasteiger partial charge is 0.453 e. The van der Waals surface area contributed by atoms with E-state index in [-0.39, 0.29) is 41.6 Å². The first-order valence-electron chi connectivity index (χ1n) is 18.3. The highest BCUT2D eigenvalue weighted by Crippen LogP contribution is 2.33. The van der Waals surface area contributed by atoms with Crippen LogP contribution in [0.15, 0.2) is 54.7 Å². The van der Waals surface area contributed by atoms with E-state index < -0.39 is 30.2 Å². The molecule has 14 nitrogen and oxygen atoms in total. The van der Waals surface area contributed by atoms with Crippen molar-refractivity contribution >= 4 is 35.6 Å². The number of hydrogen-bond acceptors (Lipinski definition) is 8. The van der Waals surface area contributed by atoms with E-state index in [1.165, 1.54) is 14.2 Å². The van der Waals surface area contributed by atoms with Gasteiger partial charge in [-0.15, -0.1) is 0 Å². The molecule has 2 aliphatic rings. The van der Waals surface area contributed by atoms with Gasteiger partial charge in [0, 0.05) is 30.0 Å². The zero-order valence-corrected chi connectivity index (χ0v) is 31.2. The first-order valence-corrected chi connectivity index (χ1v) is 18.3. The molecule has 1 aliphatic heterocycles. The summed E-state index contributed by atoms with van der Waals surface area (Å²) in [6.07, 6.45) is 4.27. The van der Waals surface area contributed by atoms with Crippen LogP contribution in [0.1, 0.15) is 71.7 Å². The maximum atomic E-state index is 13.5. The Kier molecular flexibility index (Phi) is 12.8. The lowest BCUT2D eigenvalue weighted by atomic mass is 9.99. The van der Waals surface area contributed by atoms with E-state index in [0.29, 0.717) is 30.9 Å². The molecule has 53 heavy (non-hydrogen) atoms. The number of benzene rings is 2. The number of carbonyl (C=O) groups is 5. The molecule has 3 aromatic rings. The van der Waals surface area contributed by atoms with E-state index in [0.717, 1.165) is 41.6 Å². The minimum absolute atomic E-state index is 0.114. The average Bonchev–Trinajstić information content (AvgIpc) is 3.94. The molecule has 284 valence electrons.